The van der Waals surface area contributed by atoms with Crippen molar-refractivity contribution in [1.82, 2.24) is 5.32 Å². The standard InChI is InChI=1S/C11H22N2O2/c1-7(2)10(11(12)15)13-8-3-5-9(14)6-4-8/h7-10,13-14H,3-6H2,1-2H3,(H2,12,15). The van der Waals surface area contributed by atoms with Crippen LogP contribution < -0.4 is 11.1 Å². The lowest BCUT2D eigenvalue weighted by molar-refractivity contribution is -0.121. The molecule has 1 atom stereocenters. The minimum absolute atomic E-state index is 0.158. The second-order valence-electron chi connectivity index (χ2n) is 4.80. The largest absolute Gasteiger partial charge is 0.393 e. The first-order chi connectivity index (χ1) is 7.00. The lowest BCUT2D eigenvalue weighted by Crippen LogP contribution is -2.50. The Bertz CT molecular complexity index is 211. The Morgan fingerprint density at radius 3 is 2.27 bits per heavy atom. The fourth-order valence-electron chi connectivity index (χ4n) is 2.10. The van der Waals surface area contributed by atoms with Gasteiger partial charge in [0.15, 0.2) is 0 Å². The van der Waals surface area contributed by atoms with Crippen LogP contribution in [0.5, 0.6) is 0 Å². The van der Waals surface area contributed by atoms with E-state index in [0.29, 0.717) is 6.04 Å². The number of aliphatic hydroxyl groups excluding tert-OH is 1. The lowest BCUT2D eigenvalue weighted by atomic mass is 9.91. The van der Waals surface area contributed by atoms with E-state index in [1.807, 2.05) is 13.8 Å². The van der Waals surface area contributed by atoms with Crippen LogP contribution in [0.3, 0.4) is 0 Å². The number of aliphatic hydroxyl groups is 1. The molecule has 88 valence electrons. The Labute approximate surface area is 91.2 Å². The summed E-state index contributed by atoms with van der Waals surface area (Å²) in [4.78, 5) is 11.2. The summed E-state index contributed by atoms with van der Waals surface area (Å²) in [5.74, 6) is -0.0644. The molecule has 1 aliphatic rings. The van der Waals surface area contributed by atoms with E-state index >= 15 is 0 Å². The molecule has 4 heteroatoms. The van der Waals surface area contributed by atoms with Gasteiger partial charge in [0.25, 0.3) is 0 Å². The molecule has 0 aromatic rings. The third-order valence-electron chi connectivity index (χ3n) is 3.09. The van der Waals surface area contributed by atoms with Crippen LogP contribution in [0.1, 0.15) is 39.5 Å². The van der Waals surface area contributed by atoms with Crippen LogP contribution in [0.25, 0.3) is 0 Å². The van der Waals surface area contributed by atoms with Crippen LogP contribution in [0.4, 0.5) is 0 Å². The van der Waals surface area contributed by atoms with Gasteiger partial charge in [-0.25, -0.2) is 0 Å². The molecule has 0 spiro atoms. The summed E-state index contributed by atoms with van der Waals surface area (Å²) in [6.45, 7) is 3.97. The summed E-state index contributed by atoms with van der Waals surface area (Å²) in [7, 11) is 0. The molecular weight excluding hydrogens is 192 g/mol. The van der Waals surface area contributed by atoms with Gasteiger partial charge in [-0.15, -0.1) is 0 Å². The Kier molecular flexibility index (Phi) is 4.54. The summed E-state index contributed by atoms with van der Waals surface area (Å²) in [5, 5.41) is 12.6. The van der Waals surface area contributed by atoms with Crippen molar-refractivity contribution in [2.24, 2.45) is 11.7 Å². The van der Waals surface area contributed by atoms with Crippen LogP contribution in [-0.4, -0.2) is 29.2 Å². The third-order valence-corrected chi connectivity index (χ3v) is 3.09. The van der Waals surface area contributed by atoms with Crippen LogP contribution in [0, 0.1) is 5.92 Å². The van der Waals surface area contributed by atoms with Crippen LogP contribution >= 0.6 is 0 Å². The maximum Gasteiger partial charge on any atom is 0.234 e. The molecule has 1 fully saturated rings. The number of amides is 1. The van der Waals surface area contributed by atoms with E-state index in [4.69, 9.17) is 5.73 Å². The van der Waals surface area contributed by atoms with Crippen molar-refractivity contribution in [3.05, 3.63) is 0 Å². The maximum absolute atomic E-state index is 11.2. The molecule has 4 N–H and O–H groups in total. The molecule has 4 nitrogen and oxygen atoms in total. The predicted molar refractivity (Wildman–Crippen MR) is 59.2 cm³/mol. The fraction of sp³-hybridized carbons (Fsp3) is 0.909. The van der Waals surface area contributed by atoms with Gasteiger partial charge in [0, 0.05) is 6.04 Å². The average molecular weight is 214 g/mol. The van der Waals surface area contributed by atoms with E-state index in [0.717, 1.165) is 25.7 Å². The number of nitrogens with two attached hydrogens (primary N) is 1. The van der Waals surface area contributed by atoms with Crippen LogP contribution in [-0.2, 0) is 4.79 Å². The van der Waals surface area contributed by atoms with Gasteiger partial charge in [-0.2, -0.15) is 0 Å². The summed E-state index contributed by atoms with van der Waals surface area (Å²) < 4.78 is 0. The molecule has 1 amide bonds. The molecule has 1 unspecified atom stereocenters. The maximum atomic E-state index is 11.2. The smallest absolute Gasteiger partial charge is 0.234 e. The first-order valence-corrected chi connectivity index (χ1v) is 5.74. The summed E-state index contributed by atoms with van der Waals surface area (Å²) in [5.41, 5.74) is 5.33. The van der Waals surface area contributed by atoms with Crippen molar-refractivity contribution in [3.63, 3.8) is 0 Å². The molecule has 0 aromatic carbocycles. The van der Waals surface area contributed by atoms with E-state index in [1.165, 1.54) is 0 Å². The van der Waals surface area contributed by atoms with Gasteiger partial charge in [-0.1, -0.05) is 13.8 Å². The summed E-state index contributed by atoms with van der Waals surface area (Å²) in [6.07, 6.45) is 3.34. The molecule has 0 aliphatic heterocycles. The molecule has 0 heterocycles. The second-order valence-corrected chi connectivity index (χ2v) is 4.80. The Balaban J connectivity index is 2.41. The third kappa shape index (κ3) is 3.80. The normalized spacial score (nSPS) is 29.1. The van der Waals surface area contributed by atoms with Gasteiger partial charge in [-0.05, 0) is 31.6 Å². The molecule has 0 saturated heterocycles. The summed E-state index contributed by atoms with van der Waals surface area (Å²) in [6, 6.07) is 0.0820. The summed E-state index contributed by atoms with van der Waals surface area (Å²) >= 11 is 0. The number of nitrogens with one attached hydrogen (secondary N) is 1. The number of carbonyl (C=O) groups is 1. The predicted octanol–water partition coefficient (Wildman–Crippen LogP) is 0.389. The highest BCUT2D eigenvalue weighted by Crippen LogP contribution is 2.19. The zero-order valence-corrected chi connectivity index (χ0v) is 9.57. The highest BCUT2D eigenvalue weighted by atomic mass is 16.3. The first-order valence-electron chi connectivity index (χ1n) is 5.74. The Morgan fingerprint density at radius 1 is 1.33 bits per heavy atom. The molecule has 1 rings (SSSR count). The van der Waals surface area contributed by atoms with Gasteiger partial charge < -0.3 is 16.2 Å². The van der Waals surface area contributed by atoms with Crippen LogP contribution in [0.15, 0.2) is 0 Å². The average Bonchev–Trinajstić information content (AvgIpc) is 2.15. The Morgan fingerprint density at radius 2 is 1.87 bits per heavy atom. The van der Waals surface area contributed by atoms with Gasteiger partial charge in [0.05, 0.1) is 12.1 Å². The zero-order chi connectivity index (χ0) is 11.4. The van der Waals surface area contributed by atoms with E-state index < -0.39 is 0 Å². The lowest BCUT2D eigenvalue weighted by Gasteiger charge is -2.30. The SMILES string of the molecule is CC(C)C(NC1CCC(O)CC1)C(N)=O. The number of rotatable bonds is 4. The van der Waals surface area contributed by atoms with Crippen molar-refractivity contribution >= 4 is 5.91 Å². The van der Waals surface area contributed by atoms with Crippen molar-refractivity contribution in [2.75, 3.05) is 0 Å². The van der Waals surface area contributed by atoms with Gasteiger partial charge in [-0.3, -0.25) is 4.79 Å². The second kappa shape index (κ2) is 5.47. The monoisotopic (exact) mass is 214 g/mol. The molecule has 1 aliphatic carbocycles. The minimum Gasteiger partial charge on any atom is -0.393 e. The van der Waals surface area contributed by atoms with E-state index in [9.17, 15) is 9.90 Å². The van der Waals surface area contributed by atoms with Crippen molar-refractivity contribution < 1.29 is 9.90 Å². The molecular formula is C11H22N2O2. The molecule has 15 heavy (non-hydrogen) atoms. The molecule has 0 radical (unpaired) electrons. The van der Waals surface area contributed by atoms with E-state index in [2.05, 4.69) is 5.32 Å². The number of primary amides is 1. The van der Waals surface area contributed by atoms with E-state index in [1.54, 1.807) is 0 Å². The first kappa shape index (κ1) is 12.5. The minimum atomic E-state index is -0.281. The van der Waals surface area contributed by atoms with Gasteiger partial charge >= 0.3 is 0 Å². The highest BCUT2D eigenvalue weighted by Gasteiger charge is 2.25. The number of carbonyl (C=O) groups excluding carboxylic acids is 1. The Hall–Kier alpha value is -0.610. The van der Waals surface area contributed by atoms with E-state index in [-0.39, 0.29) is 24.0 Å². The van der Waals surface area contributed by atoms with Crippen molar-refractivity contribution in [1.29, 1.82) is 0 Å². The van der Waals surface area contributed by atoms with Gasteiger partial charge in [0.1, 0.15) is 0 Å². The van der Waals surface area contributed by atoms with Crippen molar-refractivity contribution in [3.8, 4) is 0 Å². The molecule has 0 bridgehead atoms. The quantitative estimate of drug-likeness (QED) is 0.633. The molecule has 1 saturated carbocycles. The number of hydrogen-bond acceptors (Lipinski definition) is 3. The van der Waals surface area contributed by atoms with Crippen molar-refractivity contribution in [2.45, 2.75) is 57.7 Å². The fourth-order valence-corrected chi connectivity index (χ4v) is 2.10. The zero-order valence-electron chi connectivity index (χ0n) is 9.57. The topological polar surface area (TPSA) is 75.3 Å². The number of hydrogen-bond donors (Lipinski definition) is 3. The van der Waals surface area contributed by atoms with Gasteiger partial charge in [0.2, 0.25) is 5.91 Å². The molecule has 0 aromatic heterocycles. The highest BCUT2D eigenvalue weighted by molar-refractivity contribution is 5.80. The van der Waals surface area contributed by atoms with Crippen LogP contribution in [0.2, 0.25) is 0 Å².